The Morgan fingerprint density at radius 3 is 2.69 bits per heavy atom. The second kappa shape index (κ2) is 9.67. The molecule has 1 atom stereocenters. The smallest absolute Gasteiger partial charge is 0.220 e. The van der Waals surface area contributed by atoms with Crippen LogP contribution in [0.25, 0.3) is 11.0 Å². The third-order valence-electron chi connectivity index (χ3n) is 6.98. The van der Waals surface area contributed by atoms with Crippen molar-refractivity contribution >= 4 is 16.9 Å². The summed E-state index contributed by atoms with van der Waals surface area (Å²) in [5.74, 6) is 3.18. The number of pyridine rings is 1. The molecular weight excluding hydrogens is 462 g/mol. The van der Waals surface area contributed by atoms with E-state index >= 15 is 0 Å². The normalized spacial score (nSPS) is 17.0. The SMILES string of the molecule is C#C[C@@H](Nc1nc(CCN2CCC2)nc2nc(OC)c(C3(C#N)CC3)cc12)c1cccc(CF)c1F. The second-order valence-corrected chi connectivity index (χ2v) is 9.24. The Hall–Kier alpha value is -3.82. The molecule has 5 rings (SSSR count). The highest BCUT2D eigenvalue weighted by molar-refractivity contribution is 5.88. The molecule has 0 bridgehead atoms. The number of hydrogen-bond donors (Lipinski definition) is 1. The first-order valence-corrected chi connectivity index (χ1v) is 12.0. The van der Waals surface area contributed by atoms with Crippen molar-refractivity contribution in [1.82, 2.24) is 19.9 Å². The molecule has 1 aliphatic heterocycles. The van der Waals surface area contributed by atoms with Crippen LogP contribution in [-0.2, 0) is 18.5 Å². The molecule has 1 N–H and O–H groups in total. The fraction of sp³-hybridized carbons (Fsp3) is 0.407. The zero-order valence-electron chi connectivity index (χ0n) is 20.0. The van der Waals surface area contributed by atoms with Crippen LogP contribution in [0.5, 0.6) is 5.88 Å². The number of nitrogens with zero attached hydrogens (tertiary/aromatic N) is 5. The van der Waals surface area contributed by atoms with Gasteiger partial charge in [-0.1, -0.05) is 24.1 Å². The summed E-state index contributed by atoms with van der Waals surface area (Å²) in [7, 11) is 1.52. The number of anilines is 1. The van der Waals surface area contributed by atoms with Gasteiger partial charge in [-0.25, -0.2) is 18.7 Å². The van der Waals surface area contributed by atoms with Crippen molar-refractivity contribution in [2.45, 2.75) is 43.8 Å². The van der Waals surface area contributed by atoms with Crippen molar-refractivity contribution in [3.05, 3.63) is 52.6 Å². The summed E-state index contributed by atoms with van der Waals surface area (Å²) < 4.78 is 33.8. The number of ether oxygens (including phenoxy) is 1. The van der Waals surface area contributed by atoms with E-state index in [1.807, 2.05) is 6.07 Å². The van der Waals surface area contributed by atoms with Crippen LogP contribution in [0.4, 0.5) is 14.6 Å². The highest BCUT2D eigenvalue weighted by Gasteiger charge is 2.47. The molecule has 0 amide bonds. The number of likely N-dealkylation sites (tertiary alicyclic amines) is 1. The molecule has 2 fully saturated rings. The molecule has 184 valence electrons. The lowest BCUT2D eigenvalue weighted by Crippen LogP contribution is -2.38. The first-order valence-electron chi connectivity index (χ1n) is 12.0. The number of halogens is 2. The summed E-state index contributed by atoms with van der Waals surface area (Å²) in [6.45, 7) is 1.97. The summed E-state index contributed by atoms with van der Waals surface area (Å²) in [5, 5.41) is 13.5. The predicted octanol–water partition coefficient (Wildman–Crippen LogP) is 4.23. The number of methoxy groups -OCH3 is 1. The molecule has 7 nitrogen and oxygen atoms in total. The average Bonchev–Trinajstić information content (AvgIpc) is 3.67. The highest BCUT2D eigenvalue weighted by Crippen LogP contribution is 2.51. The quantitative estimate of drug-likeness (QED) is 0.451. The first-order chi connectivity index (χ1) is 17.5. The van der Waals surface area contributed by atoms with Gasteiger partial charge < -0.3 is 15.0 Å². The Labute approximate surface area is 208 Å². The monoisotopic (exact) mass is 488 g/mol. The minimum absolute atomic E-state index is 0.0595. The molecule has 0 unspecified atom stereocenters. The van der Waals surface area contributed by atoms with Crippen LogP contribution in [0.3, 0.4) is 0 Å². The van der Waals surface area contributed by atoms with Gasteiger partial charge in [0.15, 0.2) is 5.65 Å². The first kappa shape index (κ1) is 23.9. The van der Waals surface area contributed by atoms with Gasteiger partial charge >= 0.3 is 0 Å². The molecule has 9 heteroatoms. The highest BCUT2D eigenvalue weighted by atomic mass is 19.1. The van der Waals surface area contributed by atoms with E-state index in [4.69, 9.17) is 16.1 Å². The summed E-state index contributed by atoms with van der Waals surface area (Å²) in [6.07, 6.45) is 8.99. The predicted molar refractivity (Wildman–Crippen MR) is 132 cm³/mol. The van der Waals surface area contributed by atoms with Gasteiger partial charge in [-0.3, -0.25) is 0 Å². The molecule has 0 spiro atoms. The van der Waals surface area contributed by atoms with Crippen molar-refractivity contribution < 1.29 is 13.5 Å². The van der Waals surface area contributed by atoms with E-state index in [1.54, 1.807) is 6.07 Å². The maximum atomic E-state index is 15.0. The van der Waals surface area contributed by atoms with E-state index in [2.05, 4.69) is 32.2 Å². The number of nitrogens with one attached hydrogen (secondary N) is 1. The third-order valence-corrected chi connectivity index (χ3v) is 6.98. The minimum Gasteiger partial charge on any atom is -0.481 e. The van der Waals surface area contributed by atoms with Crippen molar-refractivity contribution in [3.8, 4) is 24.3 Å². The molecule has 0 radical (unpaired) electrons. The largest absolute Gasteiger partial charge is 0.481 e. The van der Waals surface area contributed by atoms with Crippen molar-refractivity contribution in [3.63, 3.8) is 0 Å². The van der Waals surface area contributed by atoms with Gasteiger partial charge in [0.05, 0.1) is 24.0 Å². The Balaban J connectivity index is 1.60. The Morgan fingerprint density at radius 2 is 2.08 bits per heavy atom. The van der Waals surface area contributed by atoms with Gasteiger partial charge in [0.1, 0.15) is 30.2 Å². The molecule has 1 saturated carbocycles. The number of nitriles is 1. The van der Waals surface area contributed by atoms with Crippen LogP contribution in [0.15, 0.2) is 24.3 Å². The van der Waals surface area contributed by atoms with Gasteiger partial charge in [0, 0.05) is 29.7 Å². The Morgan fingerprint density at radius 1 is 1.28 bits per heavy atom. The molecule has 3 aromatic rings. The van der Waals surface area contributed by atoms with Crippen LogP contribution < -0.4 is 10.1 Å². The van der Waals surface area contributed by atoms with Crippen LogP contribution >= 0.6 is 0 Å². The maximum absolute atomic E-state index is 15.0. The lowest BCUT2D eigenvalue weighted by molar-refractivity contribution is 0.183. The zero-order chi connectivity index (χ0) is 25.3. The van der Waals surface area contributed by atoms with E-state index in [-0.39, 0.29) is 11.1 Å². The van der Waals surface area contributed by atoms with Crippen LogP contribution in [0.1, 0.15) is 47.8 Å². The number of alkyl halides is 1. The molecule has 1 aliphatic carbocycles. The summed E-state index contributed by atoms with van der Waals surface area (Å²) >= 11 is 0. The number of hydrogen-bond acceptors (Lipinski definition) is 7. The fourth-order valence-electron chi connectivity index (χ4n) is 4.51. The standard InChI is InChI=1S/C27H26F2N6O/c1-3-21(18-7-4-6-17(15-28)23(18)29)31-24-19-14-20(27(16-30)9-10-27)26(36-2)34-25(19)33-22(32-24)8-13-35-11-5-12-35/h1,4,6-7,14,21H,5,8-13,15H2,2H3,(H,31,32,33,34)/t21-/m1/s1. The molecular formula is C27H26F2N6O. The van der Waals surface area contributed by atoms with Crippen molar-refractivity contribution in [2.75, 3.05) is 32.1 Å². The fourth-order valence-corrected chi connectivity index (χ4v) is 4.51. The Kier molecular flexibility index (Phi) is 6.42. The van der Waals surface area contributed by atoms with Gasteiger partial charge in [0.2, 0.25) is 5.88 Å². The van der Waals surface area contributed by atoms with Crippen LogP contribution in [0.2, 0.25) is 0 Å². The number of terminal acetylenes is 1. The van der Waals surface area contributed by atoms with E-state index in [0.717, 1.165) is 19.6 Å². The number of benzene rings is 1. The Bertz CT molecular complexity index is 1390. The number of rotatable bonds is 9. The summed E-state index contributed by atoms with van der Waals surface area (Å²) in [6, 6.07) is 7.78. The topological polar surface area (TPSA) is 87.0 Å². The number of aromatic nitrogens is 3. The molecule has 3 heterocycles. The van der Waals surface area contributed by atoms with Crippen molar-refractivity contribution in [1.29, 1.82) is 5.26 Å². The van der Waals surface area contributed by atoms with Gasteiger partial charge in [-0.05, 0) is 38.4 Å². The average molecular weight is 489 g/mol. The minimum atomic E-state index is -0.933. The summed E-state index contributed by atoms with van der Waals surface area (Å²) in [4.78, 5) is 16.3. The van der Waals surface area contributed by atoms with Crippen LogP contribution in [0, 0.1) is 29.5 Å². The van der Waals surface area contributed by atoms with Gasteiger partial charge in [0.25, 0.3) is 0 Å². The number of fused-ring (bicyclic) bond motifs is 1. The molecule has 2 aromatic heterocycles. The van der Waals surface area contributed by atoms with Gasteiger partial charge in [-0.2, -0.15) is 10.2 Å². The van der Waals surface area contributed by atoms with E-state index in [0.29, 0.717) is 53.4 Å². The third kappa shape index (κ3) is 4.31. The lowest BCUT2D eigenvalue weighted by atomic mass is 9.97. The lowest BCUT2D eigenvalue weighted by Gasteiger charge is -2.30. The molecule has 2 aliphatic rings. The second-order valence-electron chi connectivity index (χ2n) is 9.24. The van der Waals surface area contributed by atoms with E-state index in [1.165, 1.54) is 25.7 Å². The zero-order valence-corrected chi connectivity index (χ0v) is 20.0. The molecule has 1 aromatic carbocycles. The van der Waals surface area contributed by atoms with Crippen molar-refractivity contribution in [2.24, 2.45) is 0 Å². The van der Waals surface area contributed by atoms with E-state index < -0.39 is 23.9 Å². The summed E-state index contributed by atoms with van der Waals surface area (Å²) in [5.41, 5.74) is 0.499. The molecule has 1 saturated heterocycles. The van der Waals surface area contributed by atoms with Crippen LogP contribution in [-0.4, -0.2) is 46.6 Å². The maximum Gasteiger partial charge on any atom is 0.220 e. The van der Waals surface area contributed by atoms with E-state index in [9.17, 15) is 14.0 Å². The molecule has 36 heavy (non-hydrogen) atoms. The van der Waals surface area contributed by atoms with Gasteiger partial charge in [-0.15, -0.1) is 6.42 Å².